The Labute approximate surface area is 129 Å². The lowest BCUT2D eigenvalue weighted by atomic mass is 9.97. The quantitative estimate of drug-likeness (QED) is 0.796. The Balaban J connectivity index is 1.68. The summed E-state index contributed by atoms with van der Waals surface area (Å²) in [7, 11) is 0. The largest absolute Gasteiger partial charge is 0.339 e. The lowest BCUT2D eigenvalue weighted by Crippen LogP contribution is -2.39. The van der Waals surface area contributed by atoms with Gasteiger partial charge in [-0.1, -0.05) is 41.6 Å². The van der Waals surface area contributed by atoms with Gasteiger partial charge in [-0.15, -0.1) is 6.58 Å². The fourth-order valence-corrected chi connectivity index (χ4v) is 2.73. The van der Waals surface area contributed by atoms with Crippen molar-refractivity contribution in [1.29, 1.82) is 0 Å². The van der Waals surface area contributed by atoms with Crippen LogP contribution in [0, 0.1) is 0 Å². The van der Waals surface area contributed by atoms with Crippen LogP contribution in [-0.4, -0.2) is 34.0 Å². The Morgan fingerprint density at radius 2 is 2.18 bits per heavy atom. The maximum Gasteiger partial charge on any atom is 0.231 e. The van der Waals surface area contributed by atoms with Gasteiger partial charge < -0.3 is 9.42 Å². The Bertz CT molecular complexity index is 651. The van der Waals surface area contributed by atoms with Crippen molar-refractivity contribution >= 4 is 5.91 Å². The van der Waals surface area contributed by atoms with Crippen LogP contribution in [0.15, 0.2) is 47.5 Å². The zero-order valence-electron chi connectivity index (χ0n) is 12.4. The molecule has 114 valence electrons. The van der Waals surface area contributed by atoms with Crippen LogP contribution in [0.4, 0.5) is 0 Å². The predicted molar refractivity (Wildman–Crippen MR) is 82.3 cm³/mol. The molecular weight excluding hydrogens is 278 g/mol. The van der Waals surface area contributed by atoms with Crippen molar-refractivity contribution in [2.24, 2.45) is 0 Å². The number of rotatable bonds is 5. The van der Waals surface area contributed by atoms with Gasteiger partial charge >= 0.3 is 0 Å². The van der Waals surface area contributed by atoms with Gasteiger partial charge in [-0.3, -0.25) is 4.79 Å². The molecule has 1 aromatic carbocycles. The number of benzene rings is 1. The third-order valence-corrected chi connectivity index (χ3v) is 3.89. The number of amides is 1. The highest BCUT2D eigenvalue weighted by Gasteiger charge is 2.29. The second-order valence-corrected chi connectivity index (χ2v) is 5.53. The average Bonchev–Trinajstić information content (AvgIpc) is 2.99. The second-order valence-electron chi connectivity index (χ2n) is 5.53. The molecule has 0 radical (unpaired) electrons. The van der Waals surface area contributed by atoms with Crippen LogP contribution in [0.3, 0.4) is 0 Å². The zero-order chi connectivity index (χ0) is 15.4. The first-order valence-corrected chi connectivity index (χ1v) is 7.51. The van der Waals surface area contributed by atoms with Crippen molar-refractivity contribution in [3.05, 3.63) is 60.3 Å². The Morgan fingerprint density at radius 3 is 2.95 bits per heavy atom. The standard InChI is InChI=1S/C17H19N3O2/c1-2-10-20-12-14(8-9-16(20)21)17-18-15(19-22-17)11-13-6-4-3-5-7-13/h2-7,14H,1,8-12H2. The van der Waals surface area contributed by atoms with Gasteiger partial charge in [0.15, 0.2) is 5.82 Å². The molecular formula is C17H19N3O2. The summed E-state index contributed by atoms with van der Waals surface area (Å²) in [6, 6.07) is 10.1. The number of carbonyl (C=O) groups excluding carboxylic acids is 1. The Hall–Kier alpha value is -2.43. The molecule has 1 aliphatic rings. The molecule has 1 aromatic heterocycles. The van der Waals surface area contributed by atoms with E-state index in [0.29, 0.717) is 37.6 Å². The van der Waals surface area contributed by atoms with E-state index in [-0.39, 0.29) is 11.8 Å². The molecule has 2 aromatic rings. The molecule has 1 aliphatic heterocycles. The first kappa shape index (κ1) is 14.5. The average molecular weight is 297 g/mol. The summed E-state index contributed by atoms with van der Waals surface area (Å²) in [4.78, 5) is 18.1. The molecule has 0 saturated carbocycles. The van der Waals surface area contributed by atoms with Crippen LogP contribution < -0.4 is 0 Å². The predicted octanol–water partition coefficient (Wildman–Crippen LogP) is 2.55. The SMILES string of the molecule is C=CCN1CC(c2nc(Cc3ccccc3)no2)CCC1=O. The van der Waals surface area contributed by atoms with Crippen molar-refractivity contribution in [2.45, 2.75) is 25.2 Å². The van der Waals surface area contributed by atoms with E-state index < -0.39 is 0 Å². The van der Waals surface area contributed by atoms with E-state index in [1.54, 1.807) is 11.0 Å². The van der Waals surface area contributed by atoms with Gasteiger partial charge in [0.25, 0.3) is 0 Å². The number of hydrogen-bond acceptors (Lipinski definition) is 4. The number of hydrogen-bond donors (Lipinski definition) is 0. The zero-order valence-corrected chi connectivity index (χ0v) is 12.4. The summed E-state index contributed by atoms with van der Waals surface area (Å²) in [5.41, 5.74) is 1.15. The van der Waals surface area contributed by atoms with Crippen LogP contribution in [0.5, 0.6) is 0 Å². The maximum absolute atomic E-state index is 11.8. The molecule has 1 amide bonds. The normalized spacial score (nSPS) is 18.5. The molecule has 0 bridgehead atoms. The number of aromatic nitrogens is 2. The van der Waals surface area contributed by atoms with Crippen molar-refractivity contribution in [1.82, 2.24) is 15.0 Å². The van der Waals surface area contributed by atoms with Gasteiger partial charge in [-0.25, -0.2) is 0 Å². The van der Waals surface area contributed by atoms with Crippen molar-refractivity contribution in [3.8, 4) is 0 Å². The minimum Gasteiger partial charge on any atom is -0.339 e. The van der Waals surface area contributed by atoms with Crippen LogP contribution in [0.25, 0.3) is 0 Å². The summed E-state index contributed by atoms with van der Waals surface area (Å²) in [5.74, 6) is 1.61. The van der Waals surface area contributed by atoms with Crippen LogP contribution >= 0.6 is 0 Å². The first-order valence-electron chi connectivity index (χ1n) is 7.51. The minimum atomic E-state index is 0.120. The first-order chi connectivity index (χ1) is 10.8. The smallest absolute Gasteiger partial charge is 0.231 e. The molecule has 0 N–H and O–H groups in total. The lowest BCUT2D eigenvalue weighted by Gasteiger charge is -2.29. The molecule has 1 saturated heterocycles. The minimum absolute atomic E-state index is 0.120. The van der Waals surface area contributed by atoms with Crippen LogP contribution in [0.2, 0.25) is 0 Å². The summed E-state index contributed by atoms with van der Waals surface area (Å²) >= 11 is 0. The summed E-state index contributed by atoms with van der Waals surface area (Å²) in [5, 5.41) is 4.07. The molecule has 1 fully saturated rings. The van der Waals surface area contributed by atoms with E-state index in [9.17, 15) is 4.79 Å². The van der Waals surface area contributed by atoms with E-state index in [4.69, 9.17) is 4.52 Å². The second kappa shape index (κ2) is 6.56. The molecule has 1 atom stereocenters. The fraction of sp³-hybridized carbons (Fsp3) is 0.353. The molecule has 1 unspecified atom stereocenters. The number of carbonyl (C=O) groups is 1. The lowest BCUT2D eigenvalue weighted by molar-refractivity contribution is -0.133. The molecule has 22 heavy (non-hydrogen) atoms. The van der Waals surface area contributed by atoms with Gasteiger partial charge in [0.1, 0.15) is 0 Å². The van der Waals surface area contributed by atoms with Gasteiger partial charge in [-0.05, 0) is 12.0 Å². The number of likely N-dealkylation sites (tertiary alicyclic amines) is 1. The van der Waals surface area contributed by atoms with Gasteiger partial charge in [0.05, 0.1) is 5.92 Å². The molecule has 0 aliphatic carbocycles. The van der Waals surface area contributed by atoms with Crippen molar-refractivity contribution in [2.75, 3.05) is 13.1 Å². The molecule has 0 spiro atoms. The van der Waals surface area contributed by atoms with Gasteiger partial charge in [-0.2, -0.15) is 4.98 Å². The number of nitrogens with zero attached hydrogens (tertiary/aromatic N) is 3. The van der Waals surface area contributed by atoms with E-state index in [2.05, 4.69) is 16.7 Å². The molecule has 3 rings (SSSR count). The summed E-state index contributed by atoms with van der Waals surface area (Å²) in [6.07, 6.45) is 3.69. The van der Waals surface area contributed by atoms with Crippen molar-refractivity contribution in [3.63, 3.8) is 0 Å². The Morgan fingerprint density at radius 1 is 1.36 bits per heavy atom. The highest BCUT2D eigenvalue weighted by Crippen LogP contribution is 2.26. The van der Waals surface area contributed by atoms with Crippen LogP contribution in [0.1, 0.15) is 36.0 Å². The highest BCUT2D eigenvalue weighted by atomic mass is 16.5. The Kier molecular flexibility index (Phi) is 4.32. The maximum atomic E-state index is 11.8. The van der Waals surface area contributed by atoms with E-state index >= 15 is 0 Å². The molecule has 5 nitrogen and oxygen atoms in total. The highest BCUT2D eigenvalue weighted by molar-refractivity contribution is 5.77. The molecule has 5 heteroatoms. The summed E-state index contributed by atoms with van der Waals surface area (Å²) < 4.78 is 5.41. The monoisotopic (exact) mass is 297 g/mol. The van der Waals surface area contributed by atoms with Gasteiger partial charge in [0.2, 0.25) is 11.8 Å². The van der Waals surface area contributed by atoms with E-state index in [1.807, 2.05) is 30.3 Å². The van der Waals surface area contributed by atoms with E-state index in [0.717, 1.165) is 12.0 Å². The molecule has 2 heterocycles. The third-order valence-electron chi connectivity index (χ3n) is 3.89. The topological polar surface area (TPSA) is 59.2 Å². The number of piperidine rings is 1. The summed E-state index contributed by atoms with van der Waals surface area (Å²) in [6.45, 7) is 4.89. The van der Waals surface area contributed by atoms with Crippen molar-refractivity contribution < 1.29 is 9.32 Å². The van der Waals surface area contributed by atoms with Gasteiger partial charge in [0, 0.05) is 25.9 Å². The third kappa shape index (κ3) is 3.24. The van der Waals surface area contributed by atoms with Crippen LogP contribution in [-0.2, 0) is 11.2 Å². The fourth-order valence-electron chi connectivity index (χ4n) is 2.73. The van der Waals surface area contributed by atoms with E-state index in [1.165, 1.54) is 0 Å².